The molecule has 0 bridgehead atoms. The Bertz CT molecular complexity index is 466. The number of aliphatic hydroxyl groups is 1. The molecule has 0 saturated carbocycles. The topological polar surface area (TPSA) is 42.4 Å². The van der Waals surface area contributed by atoms with E-state index in [1.54, 1.807) is 13.3 Å². The van der Waals surface area contributed by atoms with Crippen LogP contribution in [-0.2, 0) is 6.61 Å². The van der Waals surface area contributed by atoms with Gasteiger partial charge in [-0.1, -0.05) is 18.2 Å². The highest BCUT2D eigenvalue weighted by Crippen LogP contribution is 2.20. The molecule has 3 nitrogen and oxygen atoms in total. The van der Waals surface area contributed by atoms with Crippen LogP contribution in [0.3, 0.4) is 0 Å². The molecule has 16 heavy (non-hydrogen) atoms. The smallest absolute Gasteiger partial charge is 0.137 e. The van der Waals surface area contributed by atoms with Gasteiger partial charge in [-0.15, -0.1) is 0 Å². The zero-order chi connectivity index (χ0) is 11.4. The third-order valence-electron chi connectivity index (χ3n) is 2.38. The Morgan fingerprint density at radius 1 is 1.25 bits per heavy atom. The number of aliphatic hydroxyl groups excluding tert-OH is 1. The molecule has 0 spiro atoms. The predicted octanol–water partition coefficient (Wildman–Crippen LogP) is 2.25. The minimum Gasteiger partial charge on any atom is -0.495 e. The Hall–Kier alpha value is -1.87. The van der Waals surface area contributed by atoms with Gasteiger partial charge in [-0.05, 0) is 23.8 Å². The van der Waals surface area contributed by atoms with Crippen molar-refractivity contribution in [2.75, 3.05) is 7.11 Å². The number of benzene rings is 1. The van der Waals surface area contributed by atoms with E-state index in [1.807, 2.05) is 36.4 Å². The number of nitrogens with zero attached hydrogens (tertiary/aromatic N) is 1. The maximum absolute atomic E-state index is 9.05. The summed E-state index contributed by atoms with van der Waals surface area (Å²) in [6, 6.07) is 11.5. The summed E-state index contributed by atoms with van der Waals surface area (Å²) in [5.41, 5.74) is 2.75. The molecule has 1 aromatic heterocycles. The largest absolute Gasteiger partial charge is 0.495 e. The van der Waals surface area contributed by atoms with Crippen molar-refractivity contribution in [1.82, 2.24) is 4.98 Å². The average Bonchev–Trinajstić information content (AvgIpc) is 2.39. The van der Waals surface area contributed by atoms with Crippen molar-refractivity contribution in [3.8, 4) is 17.0 Å². The molecular weight excluding hydrogens is 202 g/mol. The summed E-state index contributed by atoms with van der Waals surface area (Å²) in [6.45, 7) is 0.0456. The van der Waals surface area contributed by atoms with E-state index >= 15 is 0 Å². The fourth-order valence-electron chi connectivity index (χ4n) is 1.50. The van der Waals surface area contributed by atoms with Crippen LogP contribution in [0.4, 0.5) is 0 Å². The van der Waals surface area contributed by atoms with E-state index in [4.69, 9.17) is 9.84 Å². The molecule has 0 radical (unpaired) electrons. The van der Waals surface area contributed by atoms with Crippen molar-refractivity contribution in [3.63, 3.8) is 0 Å². The van der Waals surface area contributed by atoms with Crippen molar-refractivity contribution in [2.45, 2.75) is 6.61 Å². The molecule has 2 rings (SSSR count). The summed E-state index contributed by atoms with van der Waals surface area (Å²) in [5.74, 6) is 0.738. The number of methoxy groups -OCH3 is 1. The molecule has 1 aromatic carbocycles. The van der Waals surface area contributed by atoms with Gasteiger partial charge in [0, 0.05) is 5.56 Å². The van der Waals surface area contributed by atoms with Crippen LogP contribution < -0.4 is 4.74 Å². The minimum atomic E-state index is 0.0456. The molecule has 82 valence electrons. The van der Waals surface area contributed by atoms with Gasteiger partial charge in [-0.2, -0.15) is 0 Å². The Labute approximate surface area is 94.3 Å². The SMILES string of the molecule is COc1ccc(-c2cccc(CO)c2)nc1. The third-order valence-corrected chi connectivity index (χ3v) is 2.38. The van der Waals surface area contributed by atoms with E-state index in [9.17, 15) is 0 Å². The first kappa shape index (κ1) is 10.6. The van der Waals surface area contributed by atoms with Gasteiger partial charge < -0.3 is 9.84 Å². The summed E-state index contributed by atoms with van der Waals surface area (Å²) in [4.78, 5) is 4.29. The highest BCUT2D eigenvalue weighted by molar-refractivity contribution is 5.60. The van der Waals surface area contributed by atoms with Gasteiger partial charge in [0.15, 0.2) is 0 Å². The fraction of sp³-hybridized carbons (Fsp3) is 0.154. The molecule has 1 heterocycles. The van der Waals surface area contributed by atoms with Crippen molar-refractivity contribution in [1.29, 1.82) is 0 Å². The van der Waals surface area contributed by atoms with E-state index in [2.05, 4.69) is 4.98 Å². The van der Waals surface area contributed by atoms with Crippen LogP contribution in [0.15, 0.2) is 42.6 Å². The standard InChI is InChI=1S/C13H13NO2/c1-16-12-5-6-13(14-8-12)11-4-2-3-10(7-11)9-15/h2-8,15H,9H2,1H3. The molecule has 0 fully saturated rings. The monoisotopic (exact) mass is 215 g/mol. The highest BCUT2D eigenvalue weighted by Gasteiger charge is 2.00. The zero-order valence-electron chi connectivity index (χ0n) is 9.05. The summed E-state index contributed by atoms with van der Waals surface area (Å²) in [7, 11) is 1.61. The van der Waals surface area contributed by atoms with Crippen molar-refractivity contribution in [3.05, 3.63) is 48.2 Å². The summed E-state index contributed by atoms with van der Waals surface area (Å²) < 4.78 is 5.05. The van der Waals surface area contributed by atoms with Gasteiger partial charge in [0.25, 0.3) is 0 Å². The van der Waals surface area contributed by atoms with Crippen LogP contribution >= 0.6 is 0 Å². The first-order chi connectivity index (χ1) is 7.83. The lowest BCUT2D eigenvalue weighted by Gasteiger charge is -2.04. The Kier molecular flexibility index (Phi) is 3.17. The Morgan fingerprint density at radius 2 is 2.12 bits per heavy atom. The molecule has 3 heteroatoms. The molecule has 0 unspecified atom stereocenters. The second kappa shape index (κ2) is 4.77. The second-order valence-electron chi connectivity index (χ2n) is 3.44. The van der Waals surface area contributed by atoms with Crippen LogP contribution in [0.2, 0.25) is 0 Å². The van der Waals surface area contributed by atoms with Gasteiger partial charge in [0.2, 0.25) is 0 Å². The lowest BCUT2D eigenvalue weighted by molar-refractivity contribution is 0.282. The molecule has 0 amide bonds. The zero-order valence-corrected chi connectivity index (χ0v) is 9.05. The quantitative estimate of drug-likeness (QED) is 0.853. The van der Waals surface area contributed by atoms with E-state index < -0.39 is 0 Å². The number of hydrogen-bond donors (Lipinski definition) is 1. The first-order valence-corrected chi connectivity index (χ1v) is 5.03. The normalized spacial score (nSPS) is 10.1. The summed E-state index contributed by atoms with van der Waals surface area (Å²) in [5, 5.41) is 9.05. The third kappa shape index (κ3) is 2.20. The van der Waals surface area contributed by atoms with Gasteiger partial charge in [0.05, 0.1) is 25.6 Å². The summed E-state index contributed by atoms with van der Waals surface area (Å²) in [6.07, 6.45) is 1.68. The fourth-order valence-corrected chi connectivity index (χ4v) is 1.50. The molecule has 0 aliphatic rings. The van der Waals surface area contributed by atoms with Crippen molar-refractivity contribution < 1.29 is 9.84 Å². The van der Waals surface area contributed by atoms with Crippen LogP contribution in [0, 0.1) is 0 Å². The number of ether oxygens (including phenoxy) is 1. The number of pyridine rings is 1. The van der Waals surface area contributed by atoms with E-state index in [-0.39, 0.29) is 6.61 Å². The van der Waals surface area contributed by atoms with E-state index in [1.165, 1.54) is 0 Å². The Morgan fingerprint density at radius 3 is 2.75 bits per heavy atom. The molecule has 0 atom stereocenters. The van der Waals surface area contributed by atoms with Gasteiger partial charge in [0.1, 0.15) is 5.75 Å². The summed E-state index contributed by atoms with van der Waals surface area (Å²) >= 11 is 0. The van der Waals surface area contributed by atoms with Crippen molar-refractivity contribution in [2.24, 2.45) is 0 Å². The lowest BCUT2D eigenvalue weighted by Crippen LogP contribution is -1.88. The maximum atomic E-state index is 9.05. The predicted molar refractivity (Wildman–Crippen MR) is 62.1 cm³/mol. The Balaban J connectivity index is 2.34. The number of hydrogen-bond acceptors (Lipinski definition) is 3. The average molecular weight is 215 g/mol. The molecule has 2 aromatic rings. The number of aromatic nitrogens is 1. The molecule has 0 aliphatic heterocycles. The van der Waals surface area contributed by atoms with Gasteiger partial charge in [-0.3, -0.25) is 4.98 Å². The number of rotatable bonds is 3. The van der Waals surface area contributed by atoms with Gasteiger partial charge in [-0.25, -0.2) is 0 Å². The minimum absolute atomic E-state index is 0.0456. The molecular formula is C13H13NO2. The van der Waals surface area contributed by atoms with Crippen LogP contribution in [0.5, 0.6) is 5.75 Å². The second-order valence-corrected chi connectivity index (χ2v) is 3.44. The highest BCUT2D eigenvalue weighted by atomic mass is 16.5. The van der Waals surface area contributed by atoms with Gasteiger partial charge >= 0.3 is 0 Å². The van der Waals surface area contributed by atoms with E-state index in [0.717, 1.165) is 22.6 Å². The lowest BCUT2D eigenvalue weighted by atomic mass is 10.1. The molecule has 0 aliphatic carbocycles. The van der Waals surface area contributed by atoms with Crippen LogP contribution in [-0.4, -0.2) is 17.2 Å². The van der Waals surface area contributed by atoms with Crippen LogP contribution in [0.25, 0.3) is 11.3 Å². The van der Waals surface area contributed by atoms with Crippen LogP contribution in [0.1, 0.15) is 5.56 Å². The maximum Gasteiger partial charge on any atom is 0.137 e. The first-order valence-electron chi connectivity index (χ1n) is 5.03. The van der Waals surface area contributed by atoms with E-state index in [0.29, 0.717) is 0 Å². The molecule has 0 saturated heterocycles. The molecule has 1 N–H and O–H groups in total. The van der Waals surface area contributed by atoms with Crippen molar-refractivity contribution >= 4 is 0 Å².